The Hall–Kier alpha value is -1.69. The first-order valence-corrected chi connectivity index (χ1v) is 5.05. The van der Waals surface area contributed by atoms with Crippen LogP contribution >= 0.6 is 0 Å². The normalized spacial score (nSPS) is 19.8. The Morgan fingerprint density at radius 1 is 1.19 bits per heavy atom. The van der Waals surface area contributed by atoms with Crippen LogP contribution in [0.3, 0.4) is 0 Å². The monoisotopic (exact) mass is 226 g/mol. The number of hydrogen-bond donors (Lipinski definition) is 3. The van der Waals surface area contributed by atoms with Crippen molar-refractivity contribution < 1.29 is 19.5 Å². The van der Waals surface area contributed by atoms with Crippen LogP contribution in [0.2, 0.25) is 0 Å². The van der Waals surface area contributed by atoms with E-state index in [9.17, 15) is 19.5 Å². The van der Waals surface area contributed by atoms with Gasteiger partial charge in [-0.25, -0.2) is 4.79 Å². The number of aliphatic hydroxyl groups is 1. The van der Waals surface area contributed by atoms with Gasteiger partial charge in [-0.15, -0.1) is 0 Å². The van der Waals surface area contributed by atoms with Crippen molar-refractivity contribution in [1.82, 2.24) is 10.6 Å². The van der Waals surface area contributed by atoms with Gasteiger partial charge in [0.2, 0.25) is 5.60 Å². The lowest BCUT2D eigenvalue weighted by atomic mass is 9.95. The summed E-state index contributed by atoms with van der Waals surface area (Å²) in [4.78, 5) is 33.4. The molecule has 0 bridgehead atoms. The molecule has 1 aliphatic rings. The largest absolute Gasteiger partial charge is 0.371 e. The number of carbonyl (C=O) groups is 3. The summed E-state index contributed by atoms with van der Waals surface area (Å²) in [6, 6.07) is -0.905. The minimum absolute atomic E-state index is 0.141. The molecule has 6 nitrogen and oxygen atoms in total. The SMILES string of the molecule is CCC/C=C\CC1(O)C(=O)NC(=O)NC1=O. The van der Waals surface area contributed by atoms with Gasteiger partial charge in [0.15, 0.2) is 0 Å². The topological polar surface area (TPSA) is 95.5 Å². The zero-order chi connectivity index (χ0) is 12.2. The van der Waals surface area contributed by atoms with E-state index in [0.29, 0.717) is 0 Å². The van der Waals surface area contributed by atoms with Gasteiger partial charge in [0.05, 0.1) is 0 Å². The van der Waals surface area contributed by atoms with Crippen molar-refractivity contribution in [2.75, 3.05) is 0 Å². The fraction of sp³-hybridized carbons (Fsp3) is 0.500. The fourth-order valence-electron chi connectivity index (χ4n) is 1.27. The quantitative estimate of drug-likeness (QED) is 0.458. The number of carbonyl (C=O) groups excluding carboxylic acids is 3. The summed E-state index contributed by atoms with van der Waals surface area (Å²) in [5.74, 6) is -1.97. The Morgan fingerprint density at radius 2 is 1.75 bits per heavy atom. The standard InChI is InChI=1S/C10H14N2O4/c1-2-3-4-5-6-10(16)7(13)11-9(15)12-8(10)14/h4-5,16H,2-3,6H2,1H3,(H2,11,12,13,14,15)/b5-4-. The van der Waals surface area contributed by atoms with Gasteiger partial charge in [0, 0.05) is 6.42 Å². The molecule has 16 heavy (non-hydrogen) atoms. The zero-order valence-corrected chi connectivity index (χ0v) is 8.95. The summed E-state index contributed by atoms with van der Waals surface area (Å²) in [6.07, 6.45) is 4.93. The number of unbranched alkanes of at least 4 members (excludes halogenated alkanes) is 1. The summed E-state index contributed by atoms with van der Waals surface area (Å²) >= 11 is 0. The van der Waals surface area contributed by atoms with Crippen molar-refractivity contribution >= 4 is 17.8 Å². The highest BCUT2D eigenvalue weighted by molar-refractivity contribution is 6.21. The summed E-state index contributed by atoms with van der Waals surface area (Å²) < 4.78 is 0. The smallest absolute Gasteiger partial charge is 0.328 e. The highest BCUT2D eigenvalue weighted by atomic mass is 16.3. The molecule has 0 aromatic carbocycles. The van der Waals surface area contributed by atoms with E-state index in [-0.39, 0.29) is 6.42 Å². The fourth-order valence-corrected chi connectivity index (χ4v) is 1.27. The van der Waals surface area contributed by atoms with Crippen LogP contribution in [0, 0.1) is 0 Å². The molecule has 0 radical (unpaired) electrons. The first-order valence-electron chi connectivity index (χ1n) is 5.05. The number of imide groups is 2. The van der Waals surface area contributed by atoms with E-state index in [1.54, 1.807) is 12.2 Å². The minimum Gasteiger partial charge on any atom is -0.371 e. The molecule has 0 aromatic heterocycles. The summed E-state index contributed by atoms with van der Waals surface area (Å²) in [5.41, 5.74) is -2.18. The zero-order valence-electron chi connectivity index (χ0n) is 8.95. The van der Waals surface area contributed by atoms with Crippen LogP contribution in [0.15, 0.2) is 12.2 Å². The maximum absolute atomic E-state index is 11.3. The van der Waals surface area contributed by atoms with E-state index in [4.69, 9.17) is 0 Å². The molecule has 1 aliphatic heterocycles. The van der Waals surface area contributed by atoms with Crippen LogP contribution in [-0.2, 0) is 9.59 Å². The van der Waals surface area contributed by atoms with Crippen LogP contribution < -0.4 is 10.6 Å². The summed E-state index contributed by atoms with van der Waals surface area (Å²) in [7, 11) is 0. The van der Waals surface area contributed by atoms with Crippen molar-refractivity contribution in [3.05, 3.63) is 12.2 Å². The van der Waals surface area contributed by atoms with Crippen molar-refractivity contribution in [3.8, 4) is 0 Å². The molecule has 1 fully saturated rings. The predicted molar refractivity (Wildman–Crippen MR) is 55.3 cm³/mol. The third-order valence-corrected chi connectivity index (χ3v) is 2.24. The second-order valence-electron chi connectivity index (χ2n) is 3.56. The maximum atomic E-state index is 11.3. The number of allylic oxidation sites excluding steroid dienone is 1. The number of amides is 4. The second-order valence-corrected chi connectivity index (χ2v) is 3.56. The molecule has 0 aliphatic carbocycles. The molecule has 6 heteroatoms. The Morgan fingerprint density at radius 3 is 2.25 bits per heavy atom. The minimum atomic E-state index is -2.18. The molecule has 4 amide bonds. The van der Waals surface area contributed by atoms with Gasteiger partial charge in [-0.3, -0.25) is 20.2 Å². The van der Waals surface area contributed by atoms with Crippen molar-refractivity contribution in [1.29, 1.82) is 0 Å². The number of rotatable bonds is 4. The Balaban J connectivity index is 2.70. The van der Waals surface area contributed by atoms with Crippen molar-refractivity contribution in [3.63, 3.8) is 0 Å². The molecule has 3 N–H and O–H groups in total. The molecule has 0 atom stereocenters. The second kappa shape index (κ2) is 4.89. The van der Waals surface area contributed by atoms with Crippen LogP contribution in [0.1, 0.15) is 26.2 Å². The van der Waals surface area contributed by atoms with Crippen LogP contribution in [0.4, 0.5) is 4.79 Å². The van der Waals surface area contributed by atoms with E-state index in [1.807, 2.05) is 17.6 Å². The molecular formula is C10H14N2O4. The van der Waals surface area contributed by atoms with Crippen LogP contribution in [-0.4, -0.2) is 28.6 Å². The lowest BCUT2D eigenvalue weighted by molar-refractivity contribution is -0.154. The lowest BCUT2D eigenvalue weighted by Gasteiger charge is -2.27. The summed E-state index contributed by atoms with van der Waals surface area (Å²) in [5, 5.41) is 13.5. The highest BCUT2D eigenvalue weighted by Gasteiger charge is 2.47. The highest BCUT2D eigenvalue weighted by Crippen LogP contribution is 2.15. The average molecular weight is 226 g/mol. The number of urea groups is 1. The van der Waals surface area contributed by atoms with E-state index in [2.05, 4.69) is 0 Å². The van der Waals surface area contributed by atoms with E-state index >= 15 is 0 Å². The Labute approximate surface area is 92.7 Å². The van der Waals surface area contributed by atoms with Crippen LogP contribution in [0.5, 0.6) is 0 Å². The molecule has 0 spiro atoms. The third-order valence-electron chi connectivity index (χ3n) is 2.24. The van der Waals surface area contributed by atoms with Gasteiger partial charge in [-0.2, -0.15) is 0 Å². The van der Waals surface area contributed by atoms with E-state index in [0.717, 1.165) is 12.8 Å². The van der Waals surface area contributed by atoms with Gasteiger partial charge in [-0.05, 0) is 6.42 Å². The molecule has 88 valence electrons. The number of hydrogen-bond acceptors (Lipinski definition) is 4. The van der Waals surface area contributed by atoms with Gasteiger partial charge in [0.25, 0.3) is 11.8 Å². The lowest BCUT2D eigenvalue weighted by Crippen LogP contribution is -2.66. The van der Waals surface area contributed by atoms with E-state index < -0.39 is 23.4 Å². The molecule has 0 aromatic rings. The predicted octanol–water partition coefficient (Wildman–Crippen LogP) is -0.170. The van der Waals surface area contributed by atoms with E-state index in [1.165, 1.54) is 0 Å². The van der Waals surface area contributed by atoms with Gasteiger partial charge in [-0.1, -0.05) is 25.5 Å². The van der Waals surface area contributed by atoms with Crippen molar-refractivity contribution in [2.45, 2.75) is 31.8 Å². The molecule has 0 saturated carbocycles. The first-order chi connectivity index (χ1) is 7.50. The molecule has 1 saturated heterocycles. The summed E-state index contributed by atoms with van der Waals surface area (Å²) in [6.45, 7) is 1.98. The molecular weight excluding hydrogens is 212 g/mol. The Kier molecular flexibility index (Phi) is 3.78. The first kappa shape index (κ1) is 12.4. The molecule has 1 rings (SSSR count). The maximum Gasteiger partial charge on any atom is 0.328 e. The van der Waals surface area contributed by atoms with Gasteiger partial charge >= 0.3 is 6.03 Å². The number of barbiturate groups is 1. The molecule has 1 heterocycles. The van der Waals surface area contributed by atoms with Crippen molar-refractivity contribution in [2.24, 2.45) is 0 Å². The number of nitrogens with one attached hydrogen (secondary N) is 2. The molecule has 0 unspecified atom stereocenters. The van der Waals surface area contributed by atoms with Gasteiger partial charge < -0.3 is 5.11 Å². The van der Waals surface area contributed by atoms with Crippen LogP contribution in [0.25, 0.3) is 0 Å². The Bertz CT molecular complexity index is 329. The average Bonchev–Trinajstić information content (AvgIpc) is 2.21. The third kappa shape index (κ3) is 2.46. The van der Waals surface area contributed by atoms with Gasteiger partial charge in [0.1, 0.15) is 0 Å².